The maximum absolute atomic E-state index is 12.0. The molecule has 24 heavy (non-hydrogen) atoms. The van der Waals surface area contributed by atoms with Crippen LogP contribution >= 0.6 is 0 Å². The molecule has 1 rings (SSSR count). The quantitative estimate of drug-likeness (QED) is 0.608. The zero-order chi connectivity index (χ0) is 18.9. The number of carbonyl (C=O) groups is 2. The average Bonchev–Trinajstić information content (AvgIpc) is 2.43. The van der Waals surface area contributed by atoms with Gasteiger partial charge in [0.05, 0.1) is 10.8 Å². The number of ether oxygens (including phenoxy) is 3. The summed E-state index contributed by atoms with van der Waals surface area (Å²) < 4.78 is 15.3. The minimum atomic E-state index is -1.68. The third-order valence-electron chi connectivity index (χ3n) is 3.51. The van der Waals surface area contributed by atoms with E-state index in [1.165, 1.54) is 0 Å². The van der Waals surface area contributed by atoms with Crippen LogP contribution in [0.5, 0.6) is 0 Å². The molecule has 8 nitrogen and oxygen atoms in total. The van der Waals surface area contributed by atoms with E-state index in [-0.39, 0.29) is 6.61 Å². The van der Waals surface area contributed by atoms with Crippen LogP contribution in [0.1, 0.15) is 41.5 Å². The third kappa shape index (κ3) is 5.14. The molecule has 0 spiro atoms. The van der Waals surface area contributed by atoms with Gasteiger partial charge in [0.2, 0.25) is 0 Å². The van der Waals surface area contributed by atoms with Crippen LogP contribution in [0.25, 0.3) is 0 Å². The Bertz CT molecular complexity index is 462. The van der Waals surface area contributed by atoms with Crippen LogP contribution in [0.15, 0.2) is 0 Å². The first kappa shape index (κ1) is 20.8. The highest BCUT2D eigenvalue weighted by molar-refractivity contribution is 5.76. The summed E-state index contributed by atoms with van der Waals surface area (Å²) in [4.78, 5) is 23.8. The fourth-order valence-electron chi connectivity index (χ4n) is 1.87. The smallest absolute Gasteiger partial charge is 0.311 e. The van der Waals surface area contributed by atoms with Crippen molar-refractivity contribution >= 4 is 11.9 Å². The molecule has 0 saturated carbocycles. The summed E-state index contributed by atoms with van der Waals surface area (Å²) in [5.74, 6) is -1.16. The van der Waals surface area contributed by atoms with Gasteiger partial charge in [0.15, 0.2) is 12.4 Å². The number of rotatable bonds is 3. The molecule has 5 atom stereocenters. The molecule has 1 aliphatic heterocycles. The molecule has 1 heterocycles. The lowest BCUT2D eigenvalue weighted by molar-refractivity contribution is -0.292. The third-order valence-corrected chi connectivity index (χ3v) is 3.51. The van der Waals surface area contributed by atoms with Crippen molar-refractivity contribution in [3.63, 3.8) is 0 Å². The molecule has 8 heteroatoms. The Kier molecular flexibility index (Phi) is 6.37. The standard InChI is InChI=1S/C16H28O8/c1-15(2,3)13(20)22-7-8-9(17)11(10(18)12(19)23-8)24-14(21)16(4,5)6/h8-12,17-19H,7H2,1-6H3/t8?,9-,10+,11-,12?/m0/s1. The van der Waals surface area contributed by atoms with E-state index in [9.17, 15) is 24.9 Å². The van der Waals surface area contributed by atoms with Gasteiger partial charge in [-0.3, -0.25) is 9.59 Å². The summed E-state index contributed by atoms with van der Waals surface area (Å²) >= 11 is 0. The molecule has 1 saturated heterocycles. The zero-order valence-corrected chi connectivity index (χ0v) is 15.0. The van der Waals surface area contributed by atoms with Crippen LogP contribution in [0.4, 0.5) is 0 Å². The molecule has 0 radical (unpaired) electrons. The van der Waals surface area contributed by atoms with Crippen LogP contribution in [0, 0.1) is 10.8 Å². The summed E-state index contributed by atoms with van der Waals surface area (Å²) in [6.07, 6.45) is -7.26. The Hall–Kier alpha value is -1.22. The Morgan fingerprint density at radius 3 is 1.88 bits per heavy atom. The molecular formula is C16H28O8. The van der Waals surface area contributed by atoms with Gasteiger partial charge in [-0.05, 0) is 41.5 Å². The molecular weight excluding hydrogens is 320 g/mol. The van der Waals surface area contributed by atoms with Gasteiger partial charge >= 0.3 is 11.9 Å². The van der Waals surface area contributed by atoms with E-state index < -0.39 is 53.5 Å². The highest BCUT2D eigenvalue weighted by atomic mass is 16.7. The molecule has 3 N–H and O–H groups in total. The number of aliphatic hydroxyl groups is 3. The van der Waals surface area contributed by atoms with Crippen LogP contribution < -0.4 is 0 Å². The average molecular weight is 348 g/mol. The zero-order valence-electron chi connectivity index (χ0n) is 15.0. The monoisotopic (exact) mass is 348 g/mol. The molecule has 0 bridgehead atoms. The number of esters is 2. The van der Waals surface area contributed by atoms with Crippen molar-refractivity contribution < 1.29 is 39.1 Å². The summed E-state index contributed by atoms with van der Waals surface area (Å²) in [7, 11) is 0. The molecule has 0 aromatic heterocycles. The normalized spacial score (nSPS) is 31.5. The second-order valence-corrected chi connectivity index (χ2v) is 8.01. The molecule has 140 valence electrons. The number of hydrogen-bond acceptors (Lipinski definition) is 8. The Balaban J connectivity index is 2.79. The first-order valence-corrected chi connectivity index (χ1v) is 7.83. The molecule has 2 unspecified atom stereocenters. The van der Waals surface area contributed by atoms with Gasteiger partial charge in [-0.15, -0.1) is 0 Å². The molecule has 1 aliphatic rings. The van der Waals surface area contributed by atoms with E-state index >= 15 is 0 Å². The predicted molar refractivity (Wildman–Crippen MR) is 82.6 cm³/mol. The SMILES string of the molecule is CC(C)(C)C(=O)OCC1OC(O)[C@H](O)[C@@H](OC(=O)C(C)(C)C)[C@H]1O. The maximum atomic E-state index is 12.0. The lowest BCUT2D eigenvalue weighted by Crippen LogP contribution is -2.60. The summed E-state index contributed by atoms with van der Waals surface area (Å²) in [6.45, 7) is 9.51. The van der Waals surface area contributed by atoms with E-state index in [4.69, 9.17) is 14.2 Å². The number of aliphatic hydroxyl groups excluding tert-OH is 3. The van der Waals surface area contributed by atoms with Gasteiger partial charge in [0.1, 0.15) is 24.9 Å². The van der Waals surface area contributed by atoms with E-state index in [1.807, 2.05) is 0 Å². The summed E-state index contributed by atoms with van der Waals surface area (Å²) in [5.41, 5.74) is -1.59. The molecule has 1 fully saturated rings. The van der Waals surface area contributed by atoms with E-state index in [1.54, 1.807) is 41.5 Å². The molecule has 0 aliphatic carbocycles. The maximum Gasteiger partial charge on any atom is 0.311 e. The number of carbonyl (C=O) groups excluding carboxylic acids is 2. The van der Waals surface area contributed by atoms with Crippen molar-refractivity contribution in [1.29, 1.82) is 0 Å². The first-order chi connectivity index (χ1) is 10.7. The van der Waals surface area contributed by atoms with Crippen molar-refractivity contribution in [3.05, 3.63) is 0 Å². The highest BCUT2D eigenvalue weighted by Gasteiger charge is 2.47. The fourth-order valence-corrected chi connectivity index (χ4v) is 1.87. The van der Waals surface area contributed by atoms with E-state index in [0.717, 1.165) is 0 Å². The van der Waals surface area contributed by atoms with Crippen LogP contribution in [0.3, 0.4) is 0 Å². The number of hydrogen-bond donors (Lipinski definition) is 3. The van der Waals surface area contributed by atoms with Gasteiger partial charge in [0.25, 0.3) is 0 Å². The molecule has 0 amide bonds. The van der Waals surface area contributed by atoms with Gasteiger partial charge < -0.3 is 29.5 Å². The van der Waals surface area contributed by atoms with Crippen molar-refractivity contribution in [3.8, 4) is 0 Å². The van der Waals surface area contributed by atoms with Crippen molar-refractivity contribution in [1.82, 2.24) is 0 Å². The van der Waals surface area contributed by atoms with Gasteiger partial charge in [0, 0.05) is 0 Å². The van der Waals surface area contributed by atoms with Crippen LogP contribution in [0.2, 0.25) is 0 Å². The van der Waals surface area contributed by atoms with Crippen molar-refractivity contribution in [2.45, 2.75) is 72.2 Å². The Morgan fingerprint density at radius 1 is 0.917 bits per heavy atom. The predicted octanol–water partition coefficient (Wildman–Crippen LogP) is -0.0274. The molecule has 0 aromatic carbocycles. The molecule has 0 aromatic rings. The van der Waals surface area contributed by atoms with Crippen molar-refractivity contribution in [2.75, 3.05) is 6.61 Å². The topological polar surface area (TPSA) is 123 Å². The van der Waals surface area contributed by atoms with Gasteiger partial charge in [-0.2, -0.15) is 0 Å². The fraction of sp³-hybridized carbons (Fsp3) is 0.875. The van der Waals surface area contributed by atoms with Crippen LogP contribution in [-0.2, 0) is 23.8 Å². The van der Waals surface area contributed by atoms with E-state index in [2.05, 4.69) is 0 Å². The largest absolute Gasteiger partial charge is 0.462 e. The Labute approximate surface area is 141 Å². The first-order valence-electron chi connectivity index (χ1n) is 7.83. The van der Waals surface area contributed by atoms with Crippen molar-refractivity contribution in [2.24, 2.45) is 10.8 Å². The minimum absolute atomic E-state index is 0.343. The Morgan fingerprint density at radius 2 is 1.42 bits per heavy atom. The minimum Gasteiger partial charge on any atom is -0.462 e. The van der Waals surface area contributed by atoms with E-state index in [0.29, 0.717) is 0 Å². The lowest BCUT2D eigenvalue weighted by Gasteiger charge is -2.40. The lowest BCUT2D eigenvalue weighted by atomic mass is 9.95. The van der Waals surface area contributed by atoms with Crippen LogP contribution in [-0.4, -0.2) is 64.6 Å². The van der Waals surface area contributed by atoms with Gasteiger partial charge in [-0.25, -0.2) is 0 Å². The second kappa shape index (κ2) is 7.35. The highest BCUT2D eigenvalue weighted by Crippen LogP contribution is 2.26. The second-order valence-electron chi connectivity index (χ2n) is 8.01. The summed E-state index contributed by atoms with van der Waals surface area (Å²) in [5, 5.41) is 30.0. The van der Waals surface area contributed by atoms with Gasteiger partial charge in [-0.1, -0.05) is 0 Å². The summed E-state index contributed by atoms with van der Waals surface area (Å²) in [6, 6.07) is 0.